The Balaban J connectivity index is 1.92. The van der Waals surface area contributed by atoms with Gasteiger partial charge in [0.05, 0.1) is 11.6 Å². The first-order chi connectivity index (χ1) is 12.9. The Bertz CT molecular complexity index is 634. The molecule has 150 valence electrons. The summed E-state index contributed by atoms with van der Waals surface area (Å²) >= 11 is 0. The summed E-state index contributed by atoms with van der Waals surface area (Å²) in [4.78, 5) is 28.5. The maximum Gasteiger partial charge on any atom is 0.387 e. The molecule has 27 heavy (non-hydrogen) atoms. The van der Waals surface area contributed by atoms with Gasteiger partial charge in [-0.25, -0.2) is 0 Å². The van der Waals surface area contributed by atoms with E-state index >= 15 is 0 Å². The third-order valence-electron chi connectivity index (χ3n) is 4.69. The predicted molar refractivity (Wildman–Crippen MR) is 97.9 cm³/mol. The molecule has 1 unspecified atom stereocenters. The van der Waals surface area contributed by atoms with Gasteiger partial charge in [0.1, 0.15) is 5.75 Å². The minimum atomic E-state index is -2.98. The topological polar surface area (TPSA) is 61.9 Å². The first-order valence-corrected chi connectivity index (χ1v) is 9.29. The number of unbranched alkanes of at least 4 members (excludes halogenated alkanes) is 1. The molecule has 6 nitrogen and oxygen atoms in total. The number of amides is 2. The molecule has 1 aromatic carbocycles. The van der Waals surface area contributed by atoms with Crippen molar-refractivity contribution in [2.45, 2.75) is 39.3 Å². The van der Waals surface area contributed by atoms with Crippen LogP contribution in [0, 0.1) is 0 Å². The number of carbonyl (C=O) groups excluding carboxylic acids is 2. The van der Waals surface area contributed by atoms with Crippen LogP contribution in [0.2, 0.25) is 0 Å². The minimum absolute atomic E-state index is 0.0149. The number of nitrogens with one attached hydrogen (secondary N) is 1. The second kappa shape index (κ2) is 10.2. The summed E-state index contributed by atoms with van der Waals surface area (Å²) in [6.07, 6.45) is 1.97. The molecule has 1 aliphatic rings. The number of alkyl halides is 2. The molecule has 1 fully saturated rings. The van der Waals surface area contributed by atoms with Crippen molar-refractivity contribution in [1.29, 1.82) is 0 Å². The summed E-state index contributed by atoms with van der Waals surface area (Å²) in [5.41, 5.74) is 0.122. The van der Waals surface area contributed by atoms with Gasteiger partial charge in [-0.2, -0.15) is 8.78 Å². The van der Waals surface area contributed by atoms with Crippen molar-refractivity contribution < 1.29 is 23.1 Å². The lowest BCUT2D eigenvalue weighted by Gasteiger charge is -2.37. The fraction of sp³-hybridized carbons (Fsp3) is 0.579. The van der Waals surface area contributed by atoms with Crippen LogP contribution < -0.4 is 10.1 Å². The van der Waals surface area contributed by atoms with Crippen molar-refractivity contribution in [3.05, 3.63) is 29.8 Å². The fourth-order valence-corrected chi connectivity index (χ4v) is 3.03. The van der Waals surface area contributed by atoms with Crippen LogP contribution in [0.5, 0.6) is 5.75 Å². The van der Waals surface area contributed by atoms with E-state index in [0.717, 1.165) is 12.8 Å². The van der Waals surface area contributed by atoms with Gasteiger partial charge in [0.25, 0.3) is 5.91 Å². The maximum atomic E-state index is 12.7. The number of carbonyl (C=O) groups is 2. The van der Waals surface area contributed by atoms with E-state index in [1.54, 1.807) is 17.0 Å². The van der Waals surface area contributed by atoms with Crippen LogP contribution in [0.3, 0.4) is 0 Å². The molecule has 1 heterocycles. The van der Waals surface area contributed by atoms with E-state index in [2.05, 4.69) is 17.0 Å². The fourth-order valence-electron chi connectivity index (χ4n) is 3.03. The van der Waals surface area contributed by atoms with E-state index in [1.807, 2.05) is 11.8 Å². The number of piperazine rings is 1. The Hall–Kier alpha value is -2.22. The number of para-hydroxylation sites is 1. The van der Waals surface area contributed by atoms with Crippen molar-refractivity contribution >= 4 is 11.8 Å². The highest BCUT2D eigenvalue weighted by Gasteiger charge is 2.29. The van der Waals surface area contributed by atoms with Crippen molar-refractivity contribution in [2.24, 2.45) is 0 Å². The highest BCUT2D eigenvalue weighted by atomic mass is 19.3. The number of hydrogen-bond acceptors (Lipinski definition) is 4. The summed E-state index contributed by atoms with van der Waals surface area (Å²) in [6.45, 7) is 3.55. The molecule has 1 N–H and O–H groups in total. The number of nitrogens with zero attached hydrogens (tertiary/aromatic N) is 2. The van der Waals surface area contributed by atoms with E-state index < -0.39 is 6.61 Å². The van der Waals surface area contributed by atoms with E-state index in [4.69, 9.17) is 0 Å². The third kappa shape index (κ3) is 5.89. The van der Waals surface area contributed by atoms with Crippen LogP contribution in [0.25, 0.3) is 0 Å². The highest BCUT2D eigenvalue weighted by Crippen LogP contribution is 2.22. The number of halogens is 2. The van der Waals surface area contributed by atoms with E-state index in [0.29, 0.717) is 32.7 Å². The van der Waals surface area contributed by atoms with Gasteiger partial charge >= 0.3 is 6.61 Å². The zero-order chi connectivity index (χ0) is 19.8. The maximum absolute atomic E-state index is 12.7. The van der Waals surface area contributed by atoms with Gasteiger partial charge in [-0.15, -0.1) is 0 Å². The lowest BCUT2D eigenvalue weighted by molar-refractivity contribution is -0.126. The average molecular weight is 383 g/mol. The molecule has 0 spiro atoms. The smallest absolute Gasteiger partial charge is 0.387 e. The molecule has 2 rings (SSSR count). The Morgan fingerprint density at radius 1 is 1.19 bits per heavy atom. The van der Waals surface area contributed by atoms with E-state index in [1.165, 1.54) is 12.1 Å². The van der Waals surface area contributed by atoms with Gasteiger partial charge in [0, 0.05) is 32.7 Å². The first kappa shape index (κ1) is 21.1. The predicted octanol–water partition coefficient (Wildman–Crippen LogP) is 2.35. The molecule has 0 aromatic heterocycles. The van der Waals surface area contributed by atoms with Gasteiger partial charge in [-0.3, -0.25) is 14.5 Å². The summed E-state index contributed by atoms with van der Waals surface area (Å²) < 4.78 is 29.5. The lowest BCUT2D eigenvalue weighted by atomic mass is 10.1. The van der Waals surface area contributed by atoms with Crippen molar-refractivity contribution in [3.8, 4) is 5.75 Å². The van der Waals surface area contributed by atoms with Gasteiger partial charge in [0.15, 0.2) is 0 Å². The summed E-state index contributed by atoms with van der Waals surface area (Å²) in [5.74, 6) is -0.478. The van der Waals surface area contributed by atoms with Crippen molar-refractivity contribution in [1.82, 2.24) is 15.1 Å². The van der Waals surface area contributed by atoms with E-state index in [9.17, 15) is 18.4 Å². The van der Waals surface area contributed by atoms with Gasteiger partial charge in [-0.1, -0.05) is 25.5 Å². The number of rotatable bonds is 8. The molecular formula is C19H27F2N3O3. The number of ether oxygens (including phenoxy) is 1. The molecule has 0 radical (unpaired) electrons. The second-order valence-electron chi connectivity index (χ2n) is 6.52. The third-order valence-corrected chi connectivity index (χ3v) is 4.69. The average Bonchev–Trinajstić information content (AvgIpc) is 2.67. The van der Waals surface area contributed by atoms with Crippen LogP contribution in [-0.4, -0.2) is 67.0 Å². The summed E-state index contributed by atoms with van der Waals surface area (Å²) in [6, 6.07) is 5.73. The number of hydrogen-bond donors (Lipinski definition) is 1. The minimum Gasteiger partial charge on any atom is -0.434 e. The lowest BCUT2D eigenvalue weighted by Crippen LogP contribution is -2.55. The van der Waals surface area contributed by atoms with Gasteiger partial charge < -0.3 is 15.0 Å². The Labute approximate surface area is 158 Å². The van der Waals surface area contributed by atoms with Gasteiger partial charge in [-0.05, 0) is 25.5 Å². The molecule has 1 aromatic rings. The zero-order valence-corrected chi connectivity index (χ0v) is 15.8. The molecular weight excluding hydrogens is 356 g/mol. The molecule has 1 aliphatic heterocycles. The monoisotopic (exact) mass is 383 g/mol. The van der Waals surface area contributed by atoms with Crippen LogP contribution >= 0.6 is 0 Å². The van der Waals surface area contributed by atoms with Crippen LogP contribution in [0.1, 0.15) is 37.0 Å². The van der Waals surface area contributed by atoms with E-state index in [-0.39, 0.29) is 29.2 Å². The van der Waals surface area contributed by atoms with Crippen LogP contribution in [0.4, 0.5) is 8.78 Å². The van der Waals surface area contributed by atoms with Crippen molar-refractivity contribution in [2.75, 3.05) is 32.7 Å². The molecule has 0 saturated carbocycles. The molecule has 2 amide bonds. The Morgan fingerprint density at radius 3 is 2.48 bits per heavy atom. The first-order valence-electron chi connectivity index (χ1n) is 9.29. The molecule has 8 heteroatoms. The SMILES string of the molecule is CCCCNC(=O)C(C)N1CCN(C(=O)c2ccccc2OC(F)F)CC1. The standard InChI is InChI=1S/C19H27F2N3O3/c1-3-4-9-22-17(25)14(2)23-10-12-24(13-11-23)18(26)15-7-5-6-8-16(15)27-19(20)21/h5-8,14,19H,3-4,9-13H2,1-2H3,(H,22,25). The van der Waals surface area contributed by atoms with Crippen LogP contribution in [-0.2, 0) is 4.79 Å². The normalized spacial score (nSPS) is 16.3. The van der Waals surface area contributed by atoms with Crippen LogP contribution in [0.15, 0.2) is 24.3 Å². The molecule has 1 saturated heterocycles. The Morgan fingerprint density at radius 2 is 1.85 bits per heavy atom. The Kier molecular flexibility index (Phi) is 7.97. The number of benzene rings is 1. The molecule has 0 bridgehead atoms. The summed E-state index contributed by atoms with van der Waals surface area (Å²) in [5, 5.41) is 2.92. The van der Waals surface area contributed by atoms with Gasteiger partial charge in [0.2, 0.25) is 5.91 Å². The second-order valence-corrected chi connectivity index (χ2v) is 6.52. The highest BCUT2D eigenvalue weighted by molar-refractivity contribution is 5.97. The molecule has 0 aliphatic carbocycles. The summed E-state index contributed by atoms with van der Waals surface area (Å²) in [7, 11) is 0. The quantitative estimate of drug-likeness (QED) is 0.700. The largest absolute Gasteiger partial charge is 0.434 e. The van der Waals surface area contributed by atoms with Crippen molar-refractivity contribution in [3.63, 3.8) is 0 Å². The zero-order valence-electron chi connectivity index (χ0n) is 15.8. The molecule has 1 atom stereocenters.